The molecule has 0 aliphatic carbocycles. The first-order chi connectivity index (χ1) is 12.9. The second-order valence-electron chi connectivity index (χ2n) is 5.59. The van der Waals surface area contributed by atoms with Gasteiger partial charge >= 0.3 is 6.18 Å². The lowest BCUT2D eigenvalue weighted by Gasteiger charge is -2.15. The first-order valence-corrected chi connectivity index (χ1v) is 8.36. The van der Waals surface area contributed by atoms with E-state index in [0.717, 1.165) is 6.07 Å². The molecule has 2 aromatic rings. The highest BCUT2D eigenvalue weighted by atomic mass is 19.4. The van der Waals surface area contributed by atoms with Crippen molar-refractivity contribution in [2.24, 2.45) is 4.99 Å². The van der Waals surface area contributed by atoms with Crippen LogP contribution < -0.4 is 16.0 Å². The third-order valence-corrected chi connectivity index (χ3v) is 3.69. The van der Waals surface area contributed by atoms with Crippen LogP contribution in [-0.2, 0) is 12.6 Å². The van der Waals surface area contributed by atoms with Gasteiger partial charge in [-0.1, -0.05) is 18.2 Å². The van der Waals surface area contributed by atoms with Gasteiger partial charge in [-0.25, -0.2) is 9.37 Å². The molecule has 0 radical (unpaired) electrons. The van der Waals surface area contributed by atoms with E-state index >= 15 is 0 Å². The van der Waals surface area contributed by atoms with Gasteiger partial charge in [0, 0.05) is 32.9 Å². The van der Waals surface area contributed by atoms with E-state index in [1.165, 1.54) is 18.3 Å². The predicted octanol–water partition coefficient (Wildman–Crippen LogP) is 3.06. The summed E-state index contributed by atoms with van der Waals surface area (Å²) in [5.41, 5.74) is -0.214. The quantitative estimate of drug-likeness (QED) is 0.298. The summed E-state index contributed by atoms with van der Waals surface area (Å²) < 4.78 is 52.2. The molecule has 5 nitrogen and oxygen atoms in total. The number of hydrogen-bond acceptors (Lipinski definition) is 3. The molecule has 0 unspecified atom stereocenters. The van der Waals surface area contributed by atoms with Crippen LogP contribution in [0.1, 0.15) is 11.1 Å². The molecule has 9 heteroatoms. The lowest BCUT2D eigenvalue weighted by Crippen LogP contribution is -2.40. The first-order valence-electron chi connectivity index (χ1n) is 8.36. The largest absolute Gasteiger partial charge is 0.419 e. The van der Waals surface area contributed by atoms with Crippen LogP contribution in [0.5, 0.6) is 0 Å². The Morgan fingerprint density at radius 2 is 1.78 bits per heavy atom. The van der Waals surface area contributed by atoms with Crippen molar-refractivity contribution in [2.45, 2.75) is 12.6 Å². The number of benzene rings is 1. The van der Waals surface area contributed by atoms with Crippen LogP contribution in [0.4, 0.5) is 23.4 Å². The normalized spacial score (nSPS) is 12.0. The number of alkyl halides is 3. The van der Waals surface area contributed by atoms with Crippen LogP contribution in [0, 0.1) is 5.82 Å². The lowest BCUT2D eigenvalue weighted by atomic mass is 10.1. The molecule has 0 amide bonds. The molecule has 2 rings (SSSR count). The van der Waals surface area contributed by atoms with Crippen molar-refractivity contribution in [3.8, 4) is 0 Å². The van der Waals surface area contributed by atoms with Crippen molar-refractivity contribution < 1.29 is 17.6 Å². The molecule has 27 heavy (non-hydrogen) atoms. The molecule has 0 bridgehead atoms. The number of anilines is 1. The van der Waals surface area contributed by atoms with Gasteiger partial charge in [-0.15, -0.1) is 0 Å². The Hall–Kier alpha value is -2.84. The predicted molar refractivity (Wildman–Crippen MR) is 97.2 cm³/mol. The van der Waals surface area contributed by atoms with E-state index in [0.29, 0.717) is 31.0 Å². The highest BCUT2D eigenvalue weighted by Gasteiger charge is 2.33. The number of pyridine rings is 1. The van der Waals surface area contributed by atoms with Crippen LogP contribution in [0.3, 0.4) is 0 Å². The zero-order valence-electron chi connectivity index (χ0n) is 14.8. The van der Waals surface area contributed by atoms with E-state index in [4.69, 9.17) is 0 Å². The molecule has 1 aromatic heterocycles. The van der Waals surface area contributed by atoms with Crippen LogP contribution in [0.25, 0.3) is 0 Å². The highest BCUT2D eigenvalue weighted by Crippen LogP contribution is 2.33. The van der Waals surface area contributed by atoms with Crippen molar-refractivity contribution in [2.75, 3.05) is 32.0 Å². The molecule has 0 atom stereocenters. The number of rotatable bonds is 7. The molecule has 3 N–H and O–H groups in total. The third-order valence-electron chi connectivity index (χ3n) is 3.69. The molecule has 0 saturated heterocycles. The van der Waals surface area contributed by atoms with E-state index in [1.54, 1.807) is 25.2 Å². The number of aromatic nitrogens is 1. The van der Waals surface area contributed by atoms with Gasteiger partial charge in [0.15, 0.2) is 5.96 Å². The number of aliphatic imine (C=N–C) groups is 1. The van der Waals surface area contributed by atoms with Crippen molar-refractivity contribution in [3.63, 3.8) is 0 Å². The third kappa shape index (κ3) is 6.43. The zero-order chi connectivity index (χ0) is 19.7. The van der Waals surface area contributed by atoms with Crippen LogP contribution in [-0.4, -0.2) is 37.6 Å². The lowest BCUT2D eigenvalue weighted by molar-refractivity contribution is -0.137. The van der Waals surface area contributed by atoms with Crippen LogP contribution in [0.2, 0.25) is 0 Å². The Labute approximate surface area is 154 Å². The standard InChI is InChI=1S/C18H21F4N5/c1-23-17(26-10-8-13-5-2-3-7-15(13)19)27-12-11-25-16-14(18(20,21)22)6-4-9-24-16/h2-7,9H,8,10-12H2,1H3,(H,24,25)(H2,23,26,27). The van der Waals surface area contributed by atoms with E-state index in [1.807, 2.05) is 0 Å². The van der Waals surface area contributed by atoms with E-state index in [-0.39, 0.29) is 18.2 Å². The molecule has 1 aromatic carbocycles. The Morgan fingerprint density at radius 3 is 2.48 bits per heavy atom. The summed E-state index contributed by atoms with van der Waals surface area (Å²) in [6, 6.07) is 8.73. The van der Waals surface area contributed by atoms with Crippen LogP contribution in [0.15, 0.2) is 47.6 Å². The second kappa shape index (κ2) is 9.75. The Bertz CT molecular complexity index is 761. The van der Waals surface area contributed by atoms with Crippen molar-refractivity contribution in [1.29, 1.82) is 0 Å². The van der Waals surface area contributed by atoms with Crippen molar-refractivity contribution in [3.05, 3.63) is 59.5 Å². The maximum atomic E-state index is 13.6. The number of nitrogens with one attached hydrogen (secondary N) is 3. The summed E-state index contributed by atoms with van der Waals surface area (Å²) in [4.78, 5) is 7.75. The molecule has 1 heterocycles. The summed E-state index contributed by atoms with van der Waals surface area (Å²) >= 11 is 0. The molecule has 0 aliphatic rings. The fourth-order valence-corrected chi connectivity index (χ4v) is 2.37. The summed E-state index contributed by atoms with van der Waals surface area (Å²) in [5, 5.41) is 8.66. The summed E-state index contributed by atoms with van der Waals surface area (Å²) in [7, 11) is 1.58. The average Bonchev–Trinajstić information content (AvgIpc) is 2.64. The molecule has 0 fully saturated rings. The summed E-state index contributed by atoms with van der Waals surface area (Å²) in [5.74, 6) is 0.00165. The SMILES string of the molecule is CN=C(NCCNc1ncccc1C(F)(F)F)NCCc1ccccc1F. The Balaban J connectivity index is 1.75. The maximum absolute atomic E-state index is 13.6. The Morgan fingerprint density at radius 1 is 1.04 bits per heavy atom. The monoisotopic (exact) mass is 383 g/mol. The molecule has 146 valence electrons. The zero-order valence-corrected chi connectivity index (χ0v) is 14.8. The number of halogens is 4. The number of guanidine groups is 1. The Kier molecular flexibility index (Phi) is 7.39. The fraction of sp³-hybridized carbons (Fsp3) is 0.333. The summed E-state index contributed by atoms with van der Waals surface area (Å²) in [6.07, 6.45) is -2.68. The number of hydrogen-bond donors (Lipinski definition) is 3. The fourth-order valence-electron chi connectivity index (χ4n) is 2.37. The molecule has 0 aliphatic heterocycles. The van der Waals surface area contributed by atoms with Gasteiger partial charge in [-0.05, 0) is 30.2 Å². The maximum Gasteiger partial charge on any atom is 0.419 e. The van der Waals surface area contributed by atoms with Gasteiger partial charge in [-0.2, -0.15) is 13.2 Å². The van der Waals surface area contributed by atoms with E-state index in [2.05, 4.69) is 25.9 Å². The van der Waals surface area contributed by atoms with Crippen LogP contribution >= 0.6 is 0 Å². The first kappa shape index (κ1) is 20.5. The summed E-state index contributed by atoms with van der Waals surface area (Å²) in [6.45, 7) is 1.01. The topological polar surface area (TPSA) is 61.3 Å². The molecule has 0 spiro atoms. The van der Waals surface area contributed by atoms with Crippen molar-refractivity contribution >= 4 is 11.8 Å². The minimum atomic E-state index is -4.46. The second-order valence-corrected chi connectivity index (χ2v) is 5.59. The molecular formula is C18H21F4N5. The highest BCUT2D eigenvalue weighted by molar-refractivity contribution is 5.79. The van der Waals surface area contributed by atoms with Gasteiger partial charge in [0.2, 0.25) is 0 Å². The number of nitrogens with zero attached hydrogens (tertiary/aromatic N) is 2. The van der Waals surface area contributed by atoms with Gasteiger partial charge in [-0.3, -0.25) is 4.99 Å². The van der Waals surface area contributed by atoms with Gasteiger partial charge in [0.05, 0.1) is 5.56 Å². The minimum absolute atomic E-state index is 0.214. The van der Waals surface area contributed by atoms with Crippen molar-refractivity contribution in [1.82, 2.24) is 15.6 Å². The van der Waals surface area contributed by atoms with Gasteiger partial charge in [0.1, 0.15) is 11.6 Å². The van der Waals surface area contributed by atoms with Gasteiger partial charge < -0.3 is 16.0 Å². The van der Waals surface area contributed by atoms with E-state index in [9.17, 15) is 17.6 Å². The smallest absolute Gasteiger partial charge is 0.368 e. The van der Waals surface area contributed by atoms with Gasteiger partial charge in [0.25, 0.3) is 0 Å². The molecular weight excluding hydrogens is 362 g/mol. The molecule has 0 saturated carbocycles. The average molecular weight is 383 g/mol. The van der Waals surface area contributed by atoms with E-state index < -0.39 is 11.7 Å². The minimum Gasteiger partial charge on any atom is -0.368 e.